The van der Waals surface area contributed by atoms with Crippen LogP contribution in [-0.4, -0.2) is 46.6 Å². The van der Waals surface area contributed by atoms with Crippen molar-refractivity contribution >= 4 is 25.9 Å². The minimum atomic E-state index is -2.10. The van der Waals surface area contributed by atoms with E-state index >= 15 is 0 Å². The van der Waals surface area contributed by atoms with E-state index in [0.717, 1.165) is 11.3 Å². The van der Waals surface area contributed by atoms with Crippen molar-refractivity contribution in [2.45, 2.75) is 83.8 Å². The zero-order valence-electron chi connectivity index (χ0n) is 21.7. The first-order chi connectivity index (χ1) is 15.6. The summed E-state index contributed by atoms with van der Waals surface area (Å²) in [5.41, 5.74) is 2.46. The van der Waals surface area contributed by atoms with Crippen LogP contribution < -0.4 is 5.32 Å². The third-order valence-corrected chi connectivity index (χ3v) is 13.4. The van der Waals surface area contributed by atoms with Gasteiger partial charge in [-0.1, -0.05) is 59.7 Å². The average molecular weight is 478 g/mol. The molecule has 0 amide bonds. The number of carbonyl (C=O) groups excluding carboxylic acids is 2. The van der Waals surface area contributed by atoms with Crippen molar-refractivity contribution in [2.24, 2.45) is 5.92 Å². The largest absolute Gasteiger partial charge is 0.465 e. The summed E-state index contributed by atoms with van der Waals surface area (Å²) in [7, 11) is -2.10. The van der Waals surface area contributed by atoms with Gasteiger partial charge in [0.25, 0.3) is 0 Å². The molecule has 6 nitrogen and oxygen atoms in total. The Kier molecular flexibility index (Phi) is 9.55. The topological polar surface area (TPSA) is 73.9 Å². The number of hydrogen-bond donors (Lipinski definition) is 1. The number of hydrogen-bond acceptors (Lipinski definition) is 6. The first-order valence-corrected chi connectivity index (χ1v) is 14.5. The number of esters is 2. The molecule has 1 aliphatic heterocycles. The third-order valence-electron chi connectivity index (χ3n) is 7.26. The Labute approximate surface area is 200 Å². The summed E-state index contributed by atoms with van der Waals surface area (Å²) in [6.45, 7) is 18.4. The molecule has 186 valence electrons. The van der Waals surface area contributed by atoms with Crippen molar-refractivity contribution in [1.29, 1.82) is 0 Å². The number of fused-ring (bicyclic) bond motifs is 1. The van der Waals surface area contributed by atoms with Crippen LogP contribution in [0.2, 0.25) is 16.6 Å². The van der Waals surface area contributed by atoms with Crippen LogP contribution in [-0.2, 0) is 28.9 Å². The van der Waals surface area contributed by atoms with E-state index in [4.69, 9.17) is 13.9 Å². The monoisotopic (exact) mass is 477 g/mol. The molecule has 1 unspecified atom stereocenters. The molecule has 0 aliphatic carbocycles. The highest BCUT2D eigenvalue weighted by Gasteiger charge is 2.54. The van der Waals surface area contributed by atoms with Gasteiger partial charge in [-0.25, -0.2) is 0 Å². The molecule has 0 radical (unpaired) electrons. The Morgan fingerprint density at radius 1 is 0.939 bits per heavy atom. The minimum absolute atomic E-state index is 0.209. The third kappa shape index (κ3) is 5.29. The maximum Gasteiger partial charge on any atom is 0.321 e. The Morgan fingerprint density at radius 3 is 1.94 bits per heavy atom. The van der Waals surface area contributed by atoms with Crippen LogP contribution in [0.3, 0.4) is 0 Å². The van der Waals surface area contributed by atoms with Gasteiger partial charge < -0.3 is 19.2 Å². The van der Waals surface area contributed by atoms with Crippen molar-refractivity contribution in [3.8, 4) is 0 Å². The van der Waals surface area contributed by atoms with Gasteiger partial charge >= 0.3 is 11.9 Å². The highest BCUT2D eigenvalue weighted by atomic mass is 28.4. The Morgan fingerprint density at radius 2 is 1.45 bits per heavy atom. The molecular weight excluding hydrogens is 434 g/mol. The van der Waals surface area contributed by atoms with E-state index < -0.39 is 31.6 Å². The molecule has 0 aromatic heterocycles. The lowest BCUT2D eigenvalue weighted by Gasteiger charge is -2.43. The molecule has 0 spiro atoms. The van der Waals surface area contributed by atoms with Crippen molar-refractivity contribution in [2.75, 3.05) is 31.7 Å². The fourth-order valence-corrected chi connectivity index (χ4v) is 11.4. The maximum absolute atomic E-state index is 13.2. The quantitative estimate of drug-likeness (QED) is 0.237. The number of benzene rings is 1. The molecule has 33 heavy (non-hydrogen) atoms. The maximum atomic E-state index is 13.2. The summed E-state index contributed by atoms with van der Waals surface area (Å²) in [5.74, 6) is -2.12. The summed E-state index contributed by atoms with van der Waals surface area (Å²) in [5, 5.41) is 3.42. The predicted molar refractivity (Wildman–Crippen MR) is 135 cm³/mol. The Bertz CT molecular complexity index is 770. The Hall–Kier alpha value is -1.86. The molecule has 1 atom stereocenters. The molecule has 0 fully saturated rings. The summed E-state index contributed by atoms with van der Waals surface area (Å²) in [6, 6.07) is 7.89. The van der Waals surface area contributed by atoms with Crippen molar-refractivity contribution in [3.05, 3.63) is 29.8 Å². The lowest BCUT2D eigenvalue weighted by molar-refractivity contribution is -0.165. The first kappa shape index (κ1) is 27.4. The van der Waals surface area contributed by atoms with E-state index in [1.807, 2.05) is 24.3 Å². The van der Waals surface area contributed by atoms with Crippen molar-refractivity contribution < 1.29 is 23.5 Å². The highest BCUT2D eigenvalue weighted by molar-refractivity contribution is 6.77. The lowest BCUT2D eigenvalue weighted by Crippen LogP contribution is -2.51. The van der Waals surface area contributed by atoms with Crippen LogP contribution in [0.1, 0.15) is 67.4 Å². The van der Waals surface area contributed by atoms with Gasteiger partial charge in [-0.05, 0) is 48.5 Å². The van der Waals surface area contributed by atoms with E-state index in [1.165, 1.54) is 0 Å². The number of anilines is 1. The molecule has 1 aromatic rings. The van der Waals surface area contributed by atoms with Gasteiger partial charge in [0.1, 0.15) is 0 Å². The molecular formula is C26H43NO5Si. The lowest BCUT2D eigenvalue weighted by atomic mass is 9.69. The van der Waals surface area contributed by atoms with Crippen LogP contribution in [0.5, 0.6) is 0 Å². The van der Waals surface area contributed by atoms with Crippen LogP contribution in [0.15, 0.2) is 24.3 Å². The summed E-state index contributed by atoms with van der Waals surface area (Å²) in [4.78, 5) is 26.3. The van der Waals surface area contributed by atoms with Gasteiger partial charge in [-0.2, -0.15) is 0 Å². The van der Waals surface area contributed by atoms with Gasteiger partial charge in [-0.15, -0.1) is 0 Å². The van der Waals surface area contributed by atoms with Gasteiger partial charge in [0.15, 0.2) is 14.2 Å². The normalized spacial score (nSPS) is 18.1. The van der Waals surface area contributed by atoms with Crippen molar-refractivity contribution in [3.63, 3.8) is 0 Å². The number of rotatable bonds is 12. The molecule has 0 saturated heterocycles. The van der Waals surface area contributed by atoms with Crippen LogP contribution in [0, 0.1) is 5.92 Å². The Balaban J connectivity index is 2.49. The summed E-state index contributed by atoms with van der Waals surface area (Å²) >= 11 is 0. The molecule has 0 bridgehead atoms. The molecule has 1 N–H and O–H groups in total. The zero-order valence-corrected chi connectivity index (χ0v) is 22.7. The number of ether oxygens (including phenoxy) is 2. The van der Waals surface area contributed by atoms with E-state index in [2.05, 4.69) is 46.9 Å². The number of para-hydroxylation sites is 1. The average Bonchev–Trinajstić information content (AvgIpc) is 3.10. The van der Waals surface area contributed by atoms with Crippen LogP contribution in [0.4, 0.5) is 5.69 Å². The van der Waals surface area contributed by atoms with E-state index in [9.17, 15) is 9.59 Å². The molecule has 0 saturated carbocycles. The van der Waals surface area contributed by atoms with E-state index in [0.29, 0.717) is 36.2 Å². The molecule has 2 rings (SSSR count). The fraction of sp³-hybridized carbons (Fsp3) is 0.692. The molecule has 1 heterocycles. The smallest absolute Gasteiger partial charge is 0.321 e. The van der Waals surface area contributed by atoms with E-state index in [-0.39, 0.29) is 13.2 Å². The zero-order chi connectivity index (χ0) is 24.8. The van der Waals surface area contributed by atoms with E-state index in [1.54, 1.807) is 13.8 Å². The second-order valence-corrected chi connectivity index (χ2v) is 15.4. The van der Waals surface area contributed by atoms with Crippen molar-refractivity contribution in [1.82, 2.24) is 0 Å². The van der Waals surface area contributed by atoms with Gasteiger partial charge in [0.2, 0.25) is 0 Å². The van der Waals surface area contributed by atoms with Gasteiger partial charge in [-0.3, -0.25) is 9.59 Å². The standard InChI is InChI=1S/C26H43NO5Si/c1-9-30-24(28)23(25(29)31-10-2)26(17-27-22-14-12-11-13-21(22)26)15-16-32-33(18(3)4,19(5)6)20(7)8/h11-14,18-20,23,27H,9-10,15-17H2,1-8H3. The summed E-state index contributed by atoms with van der Waals surface area (Å²) in [6.07, 6.45) is 0.528. The number of carbonyl (C=O) groups is 2. The summed E-state index contributed by atoms with van der Waals surface area (Å²) < 4.78 is 17.6. The predicted octanol–water partition coefficient (Wildman–Crippen LogP) is 5.67. The molecule has 1 aromatic carbocycles. The molecule has 7 heteroatoms. The van der Waals surface area contributed by atoms with Crippen LogP contribution >= 0.6 is 0 Å². The second kappa shape index (κ2) is 11.5. The highest BCUT2D eigenvalue weighted by Crippen LogP contribution is 2.47. The fourth-order valence-electron chi connectivity index (χ4n) is 5.95. The van der Waals surface area contributed by atoms with Gasteiger partial charge in [0, 0.05) is 24.3 Å². The first-order valence-electron chi connectivity index (χ1n) is 12.4. The van der Waals surface area contributed by atoms with Gasteiger partial charge in [0.05, 0.1) is 13.2 Å². The minimum Gasteiger partial charge on any atom is -0.465 e. The number of nitrogens with one attached hydrogen (secondary N) is 1. The van der Waals surface area contributed by atoms with Crippen LogP contribution in [0.25, 0.3) is 0 Å². The molecule has 1 aliphatic rings. The second-order valence-electron chi connectivity index (χ2n) is 9.91. The SMILES string of the molecule is CCOC(=O)C(C(=O)OCC)C1(CCO[Si](C(C)C)(C(C)C)C(C)C)CNc2ccccc21.